The number of rotatable bonds is 8. The normalized spacial score (nSPS) is 16.1. The average Bonchev–Trinajstić information content (AvgIpc) is 3.47. The lowest BCUT2D eigenvalue weighted by atomic mass is 10.1. The molecule has 5 nitrogen and oxygen atoms in total. The summed E-state index contributed by atoms with van der Waals surface area (Å²) in [6.45, 7) is 1.73. The predicted octanol–water partition coefficient (Wildman–Crippen LogP) is 3.00. The van der Waals surface area contributed by atoms with Gasteiger partial charge in [0.2, 0.25) is 0 Å². The van der Waals surface area contributed by atoms with Crippen LogP contribution in [0.2, 0.25) is 0 Å². The summed E-state index contributed by atoms with van der Waals surface area (Å²) in [5, 5.41) is 3.48. The zero-order valence-electron chi connectivity index (χ0n) is 14.6. The van der Waals surface area contributed by atoms with E-state index >= 15 is 0 Å². The van der Waals surface area contributed by atoms with Crippen LogP contribution in [-0.2, 0) is 6.54 Å². The van der Waals surface area contributed by atoms with E-state index in [2.05, 4.69) is 17.4 Å². The minimum absolute atomic E-state index is 0.210. The summed E-state index contributed by atoms with van der Waals surface area (Å²) in [5.41, 5.74) is 2.23. The lowest BCUT2D eigenvalue weighted by Gasteiger charge is -2.14. The second kappa shape index (κ2) is 7.30. The van der Waals surface area contributed by atoms with Gasteiger partial charge in [-0.3, -0.25) is 14.5 Å². The molecule has 134 valence electrons. The molecule has 1 saturated carbocycles. The monoisotopic (exact) mass is 350 g/mol. The molecule has 4 rings (SSSR count). The molecular weight excluding hydrogens is 328 g/mol. The second-order valence-corrected chi connectivity index (χ2v) is 6.81. The van der Waals surface area contributed by atoms with Gasteiger partial charge in [-0.2, -0.15) is 0 Å². The summed E-state index contributed by atoms with van der Waals surface area (Å²) >= 11 is 0. The molecule has 2 aliphatic rings. The third-order valence-electron chi connectivity index (χ3n) is 4.77. The topological polar surface area (TPSA) is 58.6 Å². The van der Waals surface area contributed by atoms with Crippen molar-refractivity contribution in [1.82, 2.24) is 10.2 Å². The Labute approximate surface area is 153 Å². The van der Waals surface area contributed by atoms with Crippen molar-refractivity contribution in [1.29, 1.82) is 0 Å². The number of carbonyl (C=O) groups excluding carboxylic acids is 2. The number of fused-ring (bicyclic) bond motifs is 1. The van der Waals surface area contributed by atoms with Gasteiger partial charge in [0.1, 0.15) is 5.75 Å². The number of carbonyl (C=O) groups is 2. The Balaban J connectivity index is 1.23. The van der Waals surface area contributed by atoms with Gasteiger partial charge in [0.15, 0.2) is 0 Å². The Bertz CT molecular complexity index is 777. The van der Waals surface area contributed by atoms with Crippen molar-refractivity contribution >= 4 is 11.8 Å². The highest BCUT2D eigenvalue weighted by molar-refractivity contribution is 6.21. The number of amides is 2. The van der Waals surface area contributed by atoms with Crippen LogP contribution in [0.5, 0.6) is 5.75 Å². The van der Waals surface area contributed by atoms with E-state index in [1.54, 1.807) is 24.3 Å². The first-order valence-corrected chi connectivity index (χ1v) is 9.13. The van der Waals surface area contributed by atoms with Crippen molar-refractivity contribution in [2.45, 2.75) is 31.8 Å². The molecule has 1 aliphatic heterocycles. The van der Waals surface area contributed by atoms with Crippen LogP contribution in [-0.4, -0.2) is 35.9 Å². The third-order valence-corrected chi connectivity index (χ3v) is 4.77. The van der Waals surface area contributed by atoms with Crippen LogP contribution in [0.1, 0.15) is 45.5 Å². The Morgan fingerprint density at radius 3 is 2.23 bits per heavy atom. The summed E-state index contributed by atoms with van der Waals surface area (Å²) in [6.07, 6.45) is 3.18. The van der Waals surface area contributed by atoms with E-state index in [1.807, 2.05) is 12.1 Å². The highest BCUT2D eigenvalue weighted by Crippen LogP contribution is 2.23. The molecular formula is C21H22N2O3. The Morgan fingerprint density at radius 1 is 0.962 bits per heavy atom. The number of benzene rings is 2. The number of imide groups is 1. The zero-order valence-corrected chi connectivity index (χ0v) is 14.6. The first-order valence-electron chi connectivity index (χ1n) is 9.13. The van der Waals surface area contributed by atoms with E-state index in [0.717, 1.165) is 12.3 Å². The van der Waals surface area contributed by atoms with Crippen LogP contribution in [0.3, 0.4) is 0 Å². The minimum atomic E-state index is -0.210. The van der Waals surface area contributed by atoms with E-state index in [0.29, 0.717) is 36.7 Å². The molecule has 0 atom stereocenters. The molecule has 0 spiro atoms. The first-order chi connectivity index (χ1) is 12.7. The summed E-state index contributed by atoms with van der Waals surface area (Å²) in [4.78, 5) is 25.9. The number of hydrogen-bond donors (Lipinski definition) is 1. The van der Waals surface area contributed by atoms with Crippen LogP contribution in [0.25, 0.3) is 0 Å². The van der Waals surface area contributed by atoms with Crippen LogP contribution in [0.4, 0.5) is 0 Å². The Kier molecular flexibility index (Phi) is 4.71. The number of ether oxygens (including phenoxy) is 1. The first kappa shape index (κ1) is 16.8. The molecule has 1 heterocycles. The van der Waals surface area contributed by atoms with Crippen molar-refractivity contribution < 1.29 is 14.3 Å². The lowest BCUT2D eigenvalue weighted by Crippen LogP contribution is -2.31. The molecule has 2 aromatic rings. The fourth-order valence-electron chi connectivity index (χ4n) is 3.11. The van der Waals surface area contributed by atoms with Crippen molar-refractivity contribution in [2.75, 3.05) is 13.2 Å². The van der Waals surface area contributed by atoms with E-state index in [1.165, 1.54) is 23.3 Å². The molecule has 26 heavy (non-hydrogen) atoms. The molecule has 1 N–H and O–H groups in total. The quantitative estimate of drug-likeness (QED) is 0.587. The molecule has 2 aromatic carbocycles. The standard InChI is InChI=1S/C21H22N2O3/c24-20-18-4-1-2-5-19(18)21(25)23(20)12-3-13-26-17-10-6-15(7-11-17)14-22-16-8-9-16/h1-2,4-7,10-11,16,22H,3,8-9,12-14H2. The average molecular weight is 350 g/mol. The number of nitrogens with one attached hydrogen (secondary N) is 1. The molecule has 0 unspecified atom stereocenters. The van der Waals surface area contributed by atoms with Crippen molar-refractivity contribution in [3.8, 4) is 5.75 Å². The maximum atomic E-state index is 12.3. The molecule has 5 heteroatoms. The minimum Gasteiger partial charge on any atom is -0.494 e. The highest BCUT2D eigenvalue weighted by Gasteiger charge is 2.34. The van der Waals surface area contributed by atoms with Crippen LogP contribution < -0.4 is 10.1 Å². The van der Waals surface area contributed by atoms with Crippen molar-refractivity contribution in [3.63, 3.8) is 0 Å². The van der Waals surface area contributed by atoms with Gasteiger partial charge in [0, 0.05) is 19.1 Å². The summed E-state index contributed by atoms with van der Waals surface area (Å²) in [6, 6.07) is 15.7. The Morgan fingerprint density at radius 2 is 1.62 bits per heavy atom. The van der Waals surface area contributed by atoms with Crippen LogP contribution >= 0.6 is 0 Å². The van der Waals surface area contributed by atoms with Gasteiger partial charge in [-0.1, -0.05) is 24.3 Å². The fraction of sp³-hybridized carbons (Fsp3) is 0.333. The van der Waals surface area contributed by atoms with E-state index in [4.69, 9.17) is 4.74 Å². The van der Waals surface area contributed by atoms with Gasteiger partial charge >= 0.3 is 0 Å². The molecule has 0 radical (unpaired) electrons. The molecule has 0 bridgehead atoms. The van der Waals surface area contributed by atoms with Gasteiger partial charge in [-0.25, -0.2) is 0 Å². The smallest absolute Gasteiger partial charge is 0.261 e. The van der Waals surface area contributed by atoms with Gasteiger partial charge in [-0.15, -0.1) is 0 Å². The summed E-state index contributed by atoms with van der Waals surface area (Å²) in [7, 11) is 0. The van der Waals surface area contributed by atoms with Gasteiger partial charge in [0.05, 0.1) is 17.7 Å². The van der Waals surface area contributed by atoms with Gasteiger partial charge in [0.25, 0.3) is 11.8 Å². The van der Waals surface area contributed by atoms with Gasteiger partial charge in [-0.05, 0) is 49.1 Å². The zero-order chi connectivity index (χ0) is 17.9. The van der Waals surface area contributed by atoms with Crippen LogP contribution in [0.15, 0.2) is 48.5 Å². The van der Waals surface area contributed by atoms with Crippen LogP contribution in [0, 0.1) is 0 Å². The molecule has 1 aliphatic carbocycles. The highest BCUT2D eigenvalue weighted by atomic mass is 16.5. The maximum Gasteiger partial charge on any atom is 0.261 e. The van der Waals surface area contributed by atoms with Crippen molar-refractivity contribution in [2.24, 2.45) is 0 Å². The lowest BCUT2D eigenvalue weighted by molar-refractivity contribution is 0.0647. The summed E-state index contributed by atoms with van der Waals surface area (Å²) in [5.74, 6) is 0.388. The van der Waals surface area contributed by atoms with E-state index in [-0.39, 0.29) is 11.8 Å². The molecule has 0 aromatic heterocycles. The predicted molar refractivity (Wildman–Crippen MR) is 98.2 cm³/mol. The SMILES string of the molecule is O=C1c2ccccc2C(=O)N1CCCOc1ccc(CNC2CC2)cc1. The second-order valence-electron chi connectivity index (χ2n) is 6.81. The van der Waals surface area contributed by atoms with Gasteiger partial charge < -0.3 is 10.1 Å². The molecule has 0 saturated heterocycles. The van der Waals surface area contributed by atoms with E-state index < -0.39 is 0 Å². The number of hydrogen-bond acceptors (Lipinski definition) is 4. The fourth-order valence-corrected chi connectivity index (χ4v) is 3.11. The number of nitrogens with zero attached hydrogens (tertiary/aromatic N) is 1. The summed E-state index contributed by atoms with van der Waals surface area (Å²) < 4.78 is 5.74. The Hall–Kier alpha value is -2.66. The third kappa shape index (κ3) is 3.63. The maximum absolute atomic E-state index is 12.3. The largest absolute Gasteiger partial charge is 0.494 e. The van der Waals surface area contributed by atoms with E-state index in [9.17, 15) is 9.59 Å². The molecule has 2 amide bonds. The molecule has 1 fully saturated rings. The van der Waals surface area contributed by atoms with Crippen molar-refractivity contribution in [3.05, 3.63) is 65.2 Å².